The number of benzene rings is 9. The van der Waals surface area contributed by atoms with E-state index >= 15 is 0 Å². The molecule has 254 valence electrons. The van der Waals surface area contributed by atoms with Gasteiger partial charge < -0.3 is 9.15 Å². The molecule has 2 heteroatoms. The zero-order valence-electron chi connectivity index (χ0n) is 29.6. The van der Waals surface area contributed by atoms with E-state index in [1.165, 1.54) is 72.1 Å². The molecule has 0 fully saturated rings. The van der Waals surface area contributed by atoms with Crippen LogP contribution in [0.1, 0.15) is 22.3 Å². The molecule has 0 unspecified atom stereocenters. The summed E-state index contributed by atoms with van der Waals surface area (Å²) in [5.41, 5.74) is 19.1. The van der Waals surface area contributed by atoms with E-state index in [0.29, 0.717) is 0 Å². The monoisotopic (exact) mass is 698 g/mol. The maximum atomic E-state index is 6.73. The lowest BCUT2D eigenvalue weighted by molar-refractivity contribution is 0.487. The molecule has 3 aliphatic rings. The maximum absolute atomic E-state index is 6.73. The first-order valence-corrected chi connectivity index (χ1v) is 19.0. The molecule has 0 radical (unpaired) electrons. The third-order valence-electron chi connectivity index (χ3n) is 12.5. The summed E-state index contributed by atoms with van der Waals surface area (Å²) >= 11 is 0. The maximum Gasteiger partial charge on any atom is 0.136 e. The lowest BCUT2D eigenvalue weighted by Crippen LogP contribution is -2.25. The second-order valence-electron chi connectivity index (χ2n) is 15.1. The van der Waals surface area contributed by atoms with Crippen LogP contribution in [0, 0.1) is 0 Å². The summed E-state index contributed by atoms with van der Waals surface area (Å²) in [6.45, 7) is 0. The molecule has 0 bridgehead atoms. The minimum atomic E-state index is -0.378. The fraction of sp³-hybridized carbons (Fsp3) is 0.0189. The van der Waals surface area contributed by atoms with Crippen molar-refractivity contribution in [3.05, 3.63) is 204 Å². The van der Waals surface area contributed by atoms with Gasteiger partial charge in [-0.15, -0.1) is 0 Å². The van der Waals surface area contributed by atoms with Crippen LogP contribution in [0.3, 0.4) is 0 Å². The number of rotatable bonds is 2. The molecule has 1 spiro atoms. The fourth-order valence-corrected chi connectivity index (χ4v) is 10.3. The van der Waals surface area contributed by atoms with Gasteiger partial charge in [-0.2, -0.15) is 0 Å². The van der Waals surface area contributed by atoms with Gasteiger partial charge in [-0.05, 0) is 114 Å². The number of furan rings is 1. The quantitative estimate of drug-likeness (QED) is 0.179. The third-order valence-corrected chi connectivity index (χ3v) is 12.5. The first-order chi connectivity index (χ1) is 27.3. The van der Waals surface area contributed by atoms with Crippen molar-refractivity contribution in [1.29, 1.82) is 0 Å². The largest absolute Gasteiger partial charge is 0.456 e. The lowest BCUT2D eigenvalue weighted by Gasteiger charge is -2.30. The number of ether oxygens (including phenoxy) is 1. The minimum Gasteiger partial charge on any atom is -0.456 e. The van der Waals surface area contributed by atoms with Crippen LogP contribution in [-0.4, -0.2) is 0 Å². The number of hydrogen-bond acceptors (Lipinski definition) is 2. The molecule has 0 N–H and O–H groups in total. The van der Waals surface area contributed by atoms with Gasteiger partial charge in [0.2, 0.25) is 0 Å². The van der Waals surface area contributed by atoms with Crippen molar-refractivity contribution in [1.82, 2.24) is 0 Å². The summed E-state index contributed by atoms with van der Waals surface area (Å²) in [6, 6.07) is 66.5. The van der Waals surface area contributed by atoms with Crippen molar-refractivity contribution in [3.8, 4) is 67.1 Å². The summed E-state index contributed by atoms with van der Waals surface area (Å²) in [6.07, 6.45) is 0. The molecule has 13 rings (SSSR count). The van der Waals surface area contributed by atoms with Gasteiger partial charge in [0.1, 0.15) is 22.7 Å². The summed E-state index contributed by atoms with van der Waals surface area (Å²) in [5.74, 6) is 1.76. The van der Waals surface area contributed by atoms with E-state index in [2.05, 4.69) is 170 Å². The molecule has 1 aromatic heterocycles. The van der Waals surface area contributed by atoms with Crippen LogP contribution in [0.5, 0.6) is 11.5 Å². The molecule has 2 nitrogen and oxygen atoms in total. The molecule has 0 atom stereocenters. The highest BCUT2D eigenvalue weighted by atomic mass is 16.5. The topological polar surface area (TPSA) is 22.4 Å². The van der Waals surface area contributed by atoms with Gasteiger partial charge in [0.15, 0.2) is 0 Å². The molecule has 9 aromatic carbocycles. The van der Waals surface area contributed by atoms with Crippen molar-refractivity contribution in [2.75, 3.05) is 0 Å². The van der Waals surface area contributed by atoms with E-state index in [1.807, 2.05) is 12.1 Å². The minimum absolute atomic E-state index is 0.378. The van der Waals surface area contributed by atoms with Gasteiger partial charge in [0, 0.05) is 21.7 Å². The van der Waals surface area contributed by atoms with E-state index in [9.17, 15) is 0 Å². The SMILES string of the molecule is c1ccc2c(c1)-c1ccccc1C21c2ccccc2-c2ccc(-c3ccc4c(c3)-c3cccc5c(-c6cccc7oc8ccccc8c67)ccc(c35)O4)cc21. The summed E-state index contributed by atoms with van der Waals surface area (Å²) in [5, 5.41) is 4.57. The predicted molar refractivity (Wildman–Crippen MR) is 224 cm³/mol. The fourth-order valence-electron chi connectivity index (χ4n) is 10.3. The Morgan fingerprint density at radius 2 is 0.836 bits per heavy atom. The third kappa shape index (κ3) is 3.69. The van der Waals surface area contributed by atoms with Gasteiger partial charge in [-0.25, -0.2) is 0 Å². The van der Waals surface area contributed by atoms with E-state index in [-0.39, 0.29) is 5.41 Å². The molecule has 2 aliphatic carbocycles. The first-order valence-electron chi connectivity index (χ1n) is 19.0. The van der Waals surface area contributed by atoms with Crippen LogP contribution in [-0.2, 0) is 5.41 Å². The van der Waals surface area contributed by atoms with Gasteiger partial charge >= 0.3 is 0 Å². The molecule has 2 heterocycles. The highest BCUT2D eigenvalue weighted by Crippen LogP contribution is 2.63. The zero-order chi connectivity index (χ0) is 35.8. The van der Waals surface area contributed by atoms with E-state index < -0.39 is 0 Å². The Bertz CT molecular complexity index is 3240. The first kappa shape index (κ1) is 29.3. The van der Waals surface area contributed by atoms with Gasteiger partial charge in [-0.3, -0.25) is 0 Å². The molecule has 1 aliphatic heterocycles. The number of fused-ring (bicyclic) bond motifs is 15. The summed E-state index contributed by atoms with van der Waals surface area (Å²) < 4.78 is 13.0. The normalized spacial score (nSPS) is 13.7. The molecule has 0 saturated heterocycles. The summed E-state index contributed by atoms with van der Waals surface area (Å²) in [4.78, 5) is 0. The zero-order valence-corrected chi connectivity index (χ0v) is 29.6. The van der Waals surface area contributed by atoms with Crippen molar-refractivity contribution in [3.63, 3.8) is 0 Å². The van der Waals surface area contributed by atoms with Crippen molar-refractivity contribution in [2.24, 2.45) is 0 Å². The Balaban J connectivity index is 1.00. The van der Waals surface area contributed by atoms with E-state index in [4.69, 9.17) is 9.15 Å². The lowest BCUT2D eigenvalue weighted by atomic mass is 9.70. The Morgan fingerprint density at radius 3 is 1.60 bits per heavy atom. The van der Waals surface area contributed by atoms with Crippen LogP contribution in [0.2, 0.25) is 0 Å². The van der Waals surface area contributed by atoms with Crippen LogP contribution >= 0.6 is 0 Å². The Labute approximate surface area is 317 Å². The van der Waals surface area contributed by atoms with Crippen molar-refractivity contribution in [2.45, 2.75) is 5.41 Å². The average Bonchev–Trinajstić information content (AvgIpc) is 3.88. The second-order valence-corrected chi connectivity index (χ2v) is 15.1. The van der Waals surface area contributed by atoms with Gasteiger partial charge in [-0.1, -0.05) is 146 Å². The number of para-hydroxylation sites is 1. The van der Waals surface area contributed by atoms with E-state index in [0.717, 1.165) is 50.0 Å². The molecule has 0 saturated carbocycles. The molecular formula is C53H30O2. The van der Waals surface area contributed by atoms with Crippen LogP contribution < -0.4 is 4.74 Å². The Morgan fingerprint density at radius 1 is 0.309 bits per heavy atom. The Hall–Kier alpha value is -7.16. The molecule has 0 amide bonds. The Kier molecular flexibility index (Phi) is 5.59. The second kappa shape index (κ2) is 10.5. The standard InChI is InChI=1S/C53H30O2/c1-5-18-43-34(11-1)35-12-2-6-19-44(35)53(43)45-20-7-3-13-36(45)37-25-23-32(30-46(37)53)31-24-27-48-42(29-31)40-16-9-15-38-33(26-28-50(55-48)51(38)40)39-17-10-22-49-52(39)41-14-4-8-21-47(41)54-49/h1-30H. The van der Waals surface area contributed by atoms with Crippen molar-refractivity contribution >= 4 is 32.7 Å². The molecule has 10 aromatic rings. The molecule has 55 heavy (non-hydrogen) atoms. The van der Waals surface area contributed by atoms with Crippen molar-refractivity contribution < 1.29 is 9.15 Å². The number of hydrogen-bond donors (Lipinski definition) is 0. The van der Waals surface area contributed by atoms with Gasteiger partial charge in [0.05, 0.1) is 5.41 Å². The highest BCUT2D eigenvalue weighted by Gasteiger charge is 2.51. The predicted octanol–water partition coefficient (Wildman–Crippen LogP) is 14.2. The van der Waals surface area contributed by atoms with Crippen LogP contribution in [0.15, 0.2) is 186 Å². The summed E-state index contributed by atoms with van der Waals surface area (Å²) in [7, 11) is 0. The van der Waals surface area contributed by atoms with Gasteiger partial charge in [0.25, 0.3) is 0 Å². The average molecular weight is 699 g/mol. The van der Waals surface area contributed by atoms with Crippen LogP contribution in [0.4, 0.5) is 0 Å². The van der Waals surface area contributed by atoms with E-state index in [1.54, 1.807) is 0 Å². The smallest absolute Gasteiger partial charge is 0.136 e. The van der Waals surface area contributed by atoms with Crippen LogP contribution in [0.25, 0.3) is 88.3 Å². The highest BCUT2D eigenvalue weighted by molar-refractivity contribution is 6.17. The molecular weight excluding hydrogens is 669 g/mol.